The highest BCUT2D eigenvalue weighted by atomic mass is 16.6. The molecule has 0 heterocycles. The molecule has 0 aliphatic heterocycles. The number of benzene rings is 5. The van der Waals surface area contributed by atoms with Gasteiger partial charge in [-0.15, -0.1) is 0 Å². The number of carbonyl (C=O) groups excluding carboxylic acids is 4. The third-order valence-corrected chi connectivity index (χ3v) is 11.4. The van der Waals surface area contributed by atoms with Crippen molar-refractivity contribution in [3.8, 4) is 16.9 Å². The zero-order chi connectivity index (χ0) is 45.6. The molecule has 0 aromatic heterocycles. The van der Waals surface area contributed by atoms with Crippen LogP contribution in [-0.2, 0) is 30.3 Å². The third kappa shape index (κ3) is 13.3. The van der Waals surface area contributed by atoms with Crippen LogP contribution < -0.4 is 20.7 Å². The summed E-state index contributed by atoms with van der Waals surface area (Å²) in [6, 6.07) is 38.7. The van der Waals surface area contributed by atoms with Gasteiger partial charge in [-0.2, -0.15) is 0 Å². The molecule has 0 saturated carbocycles. The Morgan fingerprint density at radius 1 is 0.688 bits per heavy atom. The third-order valence-electron chi connectivity index (χ3n) is 11.4. The van der Waals surface area contributed by atoms with Gasteiger partial charge < -0.3 is 34.6 Å². The Morgan fingerprint density at radius 2 is 1.28 bits per heavy atom. The summed E-state index contributed by atoms with van der Waals surface area (Å²) in [6.45, 7) is 6.96. The number of rotatable bonds is 21. The van der Waals surface area contributed by atoms with E-state index < -0.39 is 48.6 Å². The summed E-state index contributed by atoms with van der Waals surface area (Å²) in [5, 5.41) is 8.15. The zero-order valence-electron chi connectivity index (χ0n) is 38.0. The number of quaternary nitrogens is 1. The van der Waals surface area contributed by atoms with Crippen molar-refractivity contribution in [2.75, 3.05) is 47.4 Å². The Morgan fingerprint density at radius 3 is 1.89 bits per heavy atom. The fourth-order valence-corrected chi connectivity index (χ4v) is 7.93. The van der Waals surface area contributed by atoms with Gasteiger partial charge in [0.25, 0.3) is 0 Å². The molecule has 3 amide bonds. The van der Waals surface area contributed by atoms with Crippen LogP contribution in [0.5, 0.6) is 5.75 Å². The van der Waals surface area contributed by atoms with Gasteiger partial charge in [-0.05, 0) is 83.2 Å². The van der Waals surface area contributed by atoms with E-state index >= 15 is 0 Å². The van der Waals surface area contributed by atoms with Crippen LogP contribution in [0.4, 0.5) is 4.79 Å². The first-order valence-electron chi connectivity index (χ1n) is 22.3. The summed E-state index contributed by atoms with van der Waals surface area (Å²) in [5.74, 6) is -1.53. The second kappa shape index (κ2) is 22.2. The molecule has 336 valence electrons. The maximum atomic E-state index is 14.2. The fourth-order valence-electron chi connectivity index (χ4n) is 7.93. The Balaban J connectivity index is 1.07. The summed E-state index contributed by atoms with van der Waals surface area (Å²) >= 11 is 0. The molecule has 3 unspecified atom stereocenters. The van der Waals surface area contributed by atoms with Gasteiger partial charge in [0, 0.05) is 12.3 Å². The first-order valence-corrected chi connectivity index (χ1v) is 22.3. The van der Waals surface area contributed by atoms with E-state index in [0.717, 1.165) is 80.5 Å². The van der Waals surface area contributed by atoms with E-state index in [9.17, 15) is 19.2 Å². The normalized spacial score (nSPS) is 13.5. The molecule has 1 aliphatic carbocycles. The van der Waals surface area contributed by atoms with E-state index in [2.05, 4.69) is 49.2 Å². The SMILES string of the molecule is Cc1ccc(C(OC(=O)C(Cc2ccccc2)NC(=O)CNC(=O)C(NC(=O)OCC2c3ccccc3-c3ccccc32)C(C)C)c2ccc(OCCCCC[N+](C)(C)C)cc2)cc1. The highest BCUT2D eigenvalue weighted by Crippen LogP contribution is 2.44. The van der Waals surface area contributed by atoms with Gasteiger partial charge in [0.2, 0.25) is 11.8 Å². The molecule has 0 radical (unpaired) electrons. The molecule has 1 aliphatic rings. The molecule has 3 atom stereocenters. The quantitative estimate of drug-likeness (QED) is 0.0384. The summed E-state index contributed by atoms with van der Waals surface area (Å²) in [5.41, 5.74) is 7.76. The second-order valence-electron chi connectivity index (χ2n) is 17.9. The molecule has 0 spiro atoms. The van der Waals surface area contributed by atoms with Crippen molar-refractivity contribution in [2.45, 2.75) is 70.6 Å². The van der Waals surface area contributed by atoms with Crippen LogP contribution in [0.1, 0.15) is 78.5 Å². The van der Waals surface area contributed by atoms with Crippen molar-refractivity contribution < 1.29 is 37.9 Å². The van der Waals surface area contributed by atoms with Crippen molar-refractivity contribution in [3.05, 3.63) is 161 Å². The molecule has 0 saturated heterocycles. The predicted octanol–water partition coefficient (Wildman–Crippen LogP) is 8.29. The second-order valence-corrected chi connectivity index (χ2v) is 17.9. The van der Waals surface area contributed by atoms with Crippen LogP contribution in [0.2, 0.25) is 0 Å². The minimum atomic E-state index is -1.08. The lowest BCUT2D eigenvalue weighted by atomic mass is 9.98. The molecule has 0 fully saturated rings. The molecule has 11 heteroatoms. The van der Waals surface area contributed by atoms with Crippen LogP contribution in [-0.4, -0.2) is 87.9 Å². The van der Waals surface area contributed by atoms with Crippen molar-refractivity contribution >= 4 is 23.9 Å². The average molecular weight is 868 g/mol. The van der Waals surface area contributed by atoms with Gasteiger partial charge >= 0.3 is 12.1 Å². The number of alkyl carbamates (subject to hydrolysis) is 1. The lowest BCUT2D eigenvalue weighted by Crippen LogP contribution is -2.53. The fraction of sp³-hybridized carbons (Fsp3) is 0.358. The van der Waals surface area contributed by atoms with Crippen LogP contribution in [0, 0.1) is 12.8 Å². The predicted molar refractivity (Wildman–Crippen MR) is 250 cm³/mol. The minimum Gasteiger partial charge on any atom is -0.494 e. The van der Waals surface area contributed by atoms with Crippen LogP contribution >= 0.6 is 0 Å². The largest absolute Gasteiger partial charge is 0.494 e. The van der Waals surface area contributed by atoms with E-state index in [4.69, 9.17) is 14.2 Å². The van der Waals surface area contributed by atoms with Gasteiger partial charge in [-0.25, -0.2) is 9.59 Å². The van der Waals surface area contributed by atoms with E-state index in [1.54, 1.807) is 13.8 Å². The average Bonchev–Trinajstić information content (AvgIpc) is 3.60. The number of hydrogen-bond acceptors (Lipinski definition) is 7. The highest BCUT2D eigenvalue weighted by molar-refractivity contribution is 5.91. The van der Waals surface area contributed by atoms with Gasteiger partial charge in [0.05, 0.1) is 40.8 Å². The van der Waals surface area contributed by atoms with Gasteiger partial charge in [-0.3, -0.25) is 9.59 Å². The summed E-state index contributed by atoms with van der Waals surface area (Å²) in [7, 11) is 6.59. The van der Waals surface area contributed by atoms with Crippen molar-refractivity contribution in [1.82, 2.24) is 16.0 Å². The van der Waals surface area contributed by atoms with Crippen molar-refractivity contribution in [1.29, 1.82) is 0 Å². The number of fused-ring (bicyclic) bond motifs is 3. The van der Waals surface area contributed by atoms with E-state index in [-0.39, 0.29) is 24.9 Å². The zero-order valence-corrected chi connectivity index (χ0v) is 38.0. The number of nitrogens with one attached hydrogen (secondary N) is 3. The van der Waals surface area contributed by atoms with E-state index in [1.807, 2.05) is 122 Å². The van der Waals surface area contributed by atoms with Crippen LogP contribution in [0.15, 0.2) is 127 Å². The molecule has 11 nitrogen and oxygen atoms in total. The lowest BCUT2D eigenvalue weighted by molar-refractivity contribution is -0.870. The number of ether oxygens (including phenoxy) is 3. The van der Waals surface area contributed by atoms with E-state index in [0.29, 0.717) is 6.61 Å². The summed E-state index contributed by atoms with van der Waals surface area (Å²) < 4.78 is 19.0. The number of nitrogens with zero attached hydrogens (tertiary/aromatic N) is 1. The summed E-state index contributed by atoms with van der Waals surface area (Å²) in [6.07, 6.45) is 1.82. The Hall–Kier alpha value is -6.46. The molecule has 3 N–H and O–H groups in total. The van der Waals surface area contributed by atoms with Gasteiger partial charge in [-0.1, -0.05) is 135 Å². The molecule has 6 rings (SSSR count). The summed E-state index contributed by atoms with van der Waals surface area (Å²) in [4.78, 5) is 54.4. The molecule has 5 aromatic carbocycles. The first-order chi connectivity index (χ1) is 30.8. The number of esters is 1. The highest BCUT2D eigenvalue weighted by Gasteiger charge is 2.32. The Kier molecular flexibility index (Phi) is 16.3. The number of unbranched alkanes of at least 4 members (excludes halogenated alkanes) is 2. The smallest absolute Gasteiger partial charge is 0.407 e. The number of hydrogen-bond donors (Lipinski definition) is 3. The van der Waals surface area contributed by atoms with Crippen molar-refractivity contribution in [2.24, 2.45) is 5.92 Å². The number of aryl methyl sites for hydroxylation is 1. The topological polar surface area (TPSA) is 132 Å². The standard InChI is InChI=1S/C53H62N4O7/c1-36(2)49(56-53(61)63-35-46-44-21-13-11-19-42(44)43-20-12-14-22-45(43)46)51(59)54-34-48(58)55-47(33-38-17-9-7-10-18-38)52(60)64-50(39-25-23-37(3)24-26-39)40-27-29-41(30-28-40)62-32-16-8-15-31-57(4,5)6/h7,9-14,17-30,36,46-47,49-50H,8,15-16,31-35H2,1-6H3,(H2-,54,55,56,58,59,61)/p+1. The molecular weight excluding hydrogens is 805 g/mol. The first kappa shape index (κ1) is 47.0. The molecule has 64 heavy (non-hydrogen) atoms. The lowest BCUT2D eigenvalue weighted by Gasteiger charge is -2.24. The molecular formula is C53H63N4O7+. The van der Waals surface area contributed by atoms with Gasteiger partial charge in [0.1, 0.15) is 24.4 Å². The molecule has 5 aromatic rings. The maximum absolute atomic E-state index is 14.2. The van der Waals surface area contributed by atoms with E-state index in [1.165, 1.54) is 0 Å². The van der Waals surface area contributed by atoms with Gasteiger partial charge in [0.15, 0.2) is 6.10 Å². The Labute approximate surface area is 378 Å². The van der Waals surface area contributed by atoms with Crippen LogP contribution in [0.3, 0.4) is 0 Å². The number of amides is 3. The van der Waals surface area contributed by atoms with Crippen LogP contribution in [0.25, 0.3) is 11.1 Å². The Bertz CT molecular complexity index is 2280. The monoisotopic (exact) mass is 867 g/mol. The van der Waals surface area contributed by atoms with Crippen molar-refractivity contribution in [3.63, 3.8) is 0 Å². The maximum Gasteiger partial charge on any atom is 0.407 e. The minimum absolute atomic E-state index is 0.0931. The number of carbonyl (C=O) groups is 4. The molecule has 0 bridgehead atoms.